The Hall–Kier alpha value is -4.04. The van der Waals surface area contributed by atoms with Gasteiger partial charge in [-0.2, -0.15) is 0 Å². The van der Waals surface area contributed by atoms with Crippen LogP contribution in [-0.4, -0.2) is 29.9 Å². The largest absolute Gasteiger partial charge is 0.482 e. The van der Waals surface area contributed by atoms with Gasteiger partial charge in [0.1, 0.15) is 18.1 Å². The molecule has 0 fully saturated rings. The van der Waals surface area contributed by atoms with Gasteiger partial charge in [0.25, 0.3) is 11.8 Å². The molecule has 0 bridgehead atoms. The molecule has 1 aliphatic heterocycles. The number of rotatable bonds is 5. The number of carbonyl (C=O) groups is 2. The Kier molecular flexibility index (Phi) is 5.58. The van der Waals surface area contributed by atoms with E-state index in [4.69, 9.17) is 4.74 Å². The van der Waals surface area contributed by atoms with E-state index in [1.807, 2.05) is 41.8 Å². The predicted octanol–water partition coefficient (Wildman–Crippen LogP) is 5.04. The zero-order valence-corrected chi connectivity index (χ0v) is 18.2. The lowest BCUT2D eigenvalue weighted by atomic mass is 10.2. The highest BCUT2D eigenvalue weighted by molar-refractivity contribution is 7.14. The van der Waals surface area contributed by atoms with Crippen molar-refractivity contribution in [3.05, 3.63) is 90.1 Å². The summed E-state index contributed by atoms with van der Waals surface area (Å²) < 4.78 is 18.8. The first-order chi connectivity index (χ1) is 16.1. The highest BCUT2D eigenvalue weighted by Crippen LogP contribution is 2.35. The third-order valence-electron chi connectivity index (χ3n) is 5.19. The molecular weight excluding hydrogens is 441 g/mol. The molecule has 0 spiro atoms. The van der Waals surface area contributed by atoms with Crippen LogP contribution in [0.5, 0.6) is 5.75 Å². The number of halogens is 1. The third-order valence-corrected chi connectivity index (χ3v) is 6.01. The van der Waals surface area contributed by atoms with Gasteiger partial charge in [0.2, 0.25) is 0 Å². The molecule has 5 rings (SSSR count). The highest BCUT2D eigenvalue weighted by Gasteiger charge is 2.30. The molecule has 6 nitrogen and oxygen atoms in total. The molecule has 164 valence electrons. The summed E-state index contributed by atoms with van der Waals surface area (Å²) in [6.45, 7) is -0.291. The lowest BCUT2D eigenvalue weighted by Crippen LogP contribution is -2.45. The van der Waals surface area contributed by atoms with E-state index in [9.17, 15) is 14.0 Å². The maximum Gasteiger partial charge on any atom is 0.265 e. The van der Waals surface area contributed by atoms with Crippen LogP contribution in [0.2, 0.25) is 0 Å². The molecule has 33 heavy (non-hydrogen) atoms. The van der Waals surface area contributed by atoms with Crippen LogP contribution in [0.3, 0.4) is 0 Å². The van der Waals surface area contributed by atoms with Crippen LogP contribution in [0.15, 0.2) is 84.2 Å². The average Bonchev–Trinajstić information content (AvgIpc) is 3.32. The summed E-state index contributed by atoms with van der Waals surface area (Å²) >= 11 is 1.30. The number of nitrogens with zero attached hydrogens (tertiary/aromatic N) is 3. The van der Waals surface area contributed by atoms with Crippen molar-refractivity contribution in [2.45, 2.75) is 0 Å². The standard InChI is InChI=1S/C25H18FN3O3S/c26-18-12-10-17(11-13-18)20-16-33-25(27-20)29(19-6-2-1-3-7-19)23(30)14-28-21-8-4-5-9-22(21)32-15-24(28)31/h1-13,16H,14-15H2. The molecule has 1 aromatic heterocycles. The van der Waals surface area contributed by atoms with Crippen molar-refractivity contribution in [3.63, 3.8) is 0 Å². The Morgan fingerprint density at radius 1 is 1.03 bits per heavy atom. The Labute approximate surface area is 193 Å². The molecule has 3 aromatic carbocycles. The van der Waals surface area contributed by atoms with Gasteiger partial charge in [-0.25, -0.2) is 9.37 Å². The summed E-state index contributed by atoms with van der Waals surface area (Å²) in [5.41, 5.74) is 2.57. The number of thiazole rings is 1. The molecule has 0 atom stereocenters. The Balaban J connectivity index is 1.49. The van der Waals surface area contributed by atoms with Crippen molar-refractivity contribution < 1.29 is 18.7 Å². The smallest absolute Gasteiger partial charge is 0.265 e. The molecule has 2 amide bonds. The van der Waals surface area contributed by atoms with E-state index in [2.05, 4.69) is 4.98 Å². The molecule has 0 saturated carbocycles. The number of para-hydroxylation sites is 3. The number of amides is 2. The van der Waals surface area contributed by atoms with Gasteiger partial charge in [0, 0.05) is 10.9 Å². The Bertz CT molecular complexity index is 1310. The van der Waals surface area contributed by atoms with E-state index in [-0.39, 0.29) is 30.8 Å². The maximum absolute atomic E-state index is 13.6. The van der Waals surface area contributed by atoms with Crippen LogP contribution >= 0.6 is 11.3 Å². The summed E-state index contributed by atoms with van der Waals surface area (Å²) in [5, 5.41) is 2.28. The van der Waals surface area contributed by atoms with E-state index in [0.717, 1.165) is 5.56 Å². The average molecular weight is 460 g/mol. The first-order valence-electron chi connectivity index (χ1n) is 10.2. The zero-order valence-electron chi connectivity index (χ0n) is 17.3. The van der Waals surface area contributed by atoms with E-state index in [1.54, 1.807) is 30.3 Å². The molecule has 0 saturated heterocycles. The second-order valence-electron chi connectivity index (χ2n) is 7.32. The molecule has 0 aliphatic carbocycles. The Morgan fingerprint density at radius 2 is 1.76 bits per heavy atom. The number of aromatic nitrogens is 1. The fraction of sp³-hybridized carbons (Fsp3) is 0.0800. The number of ether oxygens (including phenoxy) is 1. The van der Waals surface area contributed by atoms with Crippen molar-refractivity contribution in [1.82, 2.24) is 4.98 Å². The zero-order chi connectivity index (χ0) is 22.8. The van der Waals surface area contributed by atoms with Gasteiger partial charge in [-0.05, 0) is 48.5 Å². The number of hydrogen-bond donors (Lipinski definition) is 0. The number of fused-ring (bicyclic) bond motifs is 1. The van der Waals surface area contributed by atoms with Gasteiger partial charge < -0.3 is 4.74 Å². The van der Waals surface area contributed by atoms with Gasteiger partial charge in [-0.1, -0.05) is 30.3 Å². The van der Waals surface area contributed by atoms with Gasteiger partial charge in [-0.3, -0.25) is 19.4 Å². The van der Waals surface area contributed by atoms with Gasteiger partial charge in [-0.15, -0.1) is 11.3 Å². The minimum Gasteiger partial charge on any atom is -0.482 e. The molecule has 0 unspecified atom stereocenters. The molecule has 2 heterocycles. The van der Waals surface area contributed by atoms with Crippen LogP contribution in [0, 0.1) is 5.82 Å². The fourth-order valence-corrected chi connectivity index (χ4v) is 4.46. The summed E-state index contributed by atoms with van der Waals surface area (Å²) in [7, 11) is 0. The summed E-state index contributed by atoms with van der Waals surface area (Å²) in [6.07, 6.45) is 0. The lowest BCUT2D eigenvalue weighted by Gasteiger charge is -2.30. The van der Waals surface area contributed by atoms with Gasteiger partial charge in [0.05, 0.1) is 17.1 Å². The van der Waals surface area contributed by atoms with Crippen molar-refractivity contribution in [2.75, 3.05) is 23.0 Å². The second-order valence-corrected chi connectivity index (χ2v) is 8.16. The van der Waals surface area contributed by atoms with Crippen LogP contribution in [0.4, 0.5) is 20.9 Å². The fourth-order valence-electron chi connectivity index (χ4n) is 3.59. The van der Waals surface area contributed by atoms with Crippen molar-refractivity contribution in [1.29, 1.82) is 0 Å². The summed E-state index contributed by atoms with van der Waals surface area (Å²) in [5.74, 6) is -0.373. The van der Waals surface area contributed by atoms with E-state index >= 15 is 0 Å². The monoisotopic (exact) mass is 459 g/mol. The van der Waals surface area contributed by atoms with Crippen LogP contribution in [0.1, 0.15) is 0 Å². The molecule has 4 aromatic rings. The van der Waals surface area contributed by atoms with E-state index in [0.29, 0.717) is 27.9 Å². The minimum absolute atomic E-state index is 0.123. The maximum atomic E-state index is 13.6. The van der Waals surface area contributed by atoms with Crippen LogP contribution in [0.25, 0.3) is 11.3 Å². The van der Waals surface area contributed by atoms with Gasteiger partial charge in [0.15, 0.2) is 11.7 Å². The molecule has 1 aliphatic rings. The molecule has 8 heteroatoms. The molecule has 0 N–H and O–H groups in total. The topological polar surface area (TPSA) is 62.7 Å². The SMILES string of the molecule is O=C1COc2ccccc2N1CC(=O)N(c1ccccc1)c1nc(-c2ccc(F)cc2)cs1. The molecular formula is C25H18FN3O3S. The highest BCUT2D eigenvalue weighted by atomic mass is 32.1. The second kappa shape index (κ2) is 8.84. The first kappa shape index (κ1) is 20.8. The summed E-state index contributed by atoms with van der Waals surface area (Å²) in [4.78, 5) is 33.7. The van der Waals surface area contributed by atoms with Crippen LogP contribution in [-0.2, 0) is 9.59 Å². The van der Waals surface area contributed by atoms with Crippen molar-refractivity contribution in [2.24, 2.45) is 0 Å². The van der Waals surface area contributed by atoms with E-state index in [1.165, 1.54) is 33.3 Å². The third kappa shape index (κ3) is 4.20. The number of hydrogen-bond acceptors (Lipinski definition) is 5. The predicted molar refractivity (Wildman–Crippen MR) is 125 cm³/mol. The van der Waals surface area contributed by atoms with Crippen molar-refractivity contribution >= 4 is 39.7 Å². The first-order valence-corrected chi connectivity index (χ1v) is 11.1. The van der Waals surface area contributed by atoms with E-state index < -0.39 is 0 Å². The number of benzene rings is 3. The van der Waals surface area contributed by atoms with Crippen molar-refractivity contribution in [3.8, 4) is 17.0 Å². The number of anilines is 3. The van der Waals surface area contributed by atoms with Crippen LogP contribution < -0.4 is 14.5 Å². The Morgan fingerprint density at radius 3 is 2.55 bits per heavy atom. The molecule has 0 radical (unpaired) electrons. The normalized spacial score (nSPS) is 12.8. The quantitative estimate of drug-likeness (QED) is 0.420. The lowest BCUT2D eigenvalue weighted by molar-refractivity contribution is -0.124. The number of carbonyl (C=O) groups excluding carboxylic acids is 2. The summed E-state index contributed by atoms with van der Waals surface area (Å²) in [6, 6.07) is 22.3. The minimum atomic E-state index is -0.328. The van der Waals surface area contributed by atoms with Gasteiger partial charge >= 0.3 is 0 Å².